The van der Waals surface area contributed by atoms with Gasteiger partial charge in [-0.2, -0.15) is 0 Å². The third-order valence-electron chi connectivity index (χ3n) is 3.77. The van der Waals surface area contributed by atoms with E-state index in [9.17, 15) is 0 Å². The summed E-state index contributed by atoms with van der Waals surface area (Å²) < 4.78 is 2.21. The van der Waals surface area contributed by atoms with Crippen molar-refractivity contribution in [3.8, 4) is 0 Å². The SMILES string of the molecule is CCn1ccc(CNc2ccc3c(c2)CCC3)c1. The van der Waals surface area contributed by atoms with Crippen LogP contribution < -0.4 is 5.32 Å². The number of anilines is 1. The number of benzene rings is 1. The van der Waals surface area contributed by atoms with Crippen LogP contribution in [-0.4, -0.2) is 4.57 Å². The first-order valence-electron chi connectivity index (χ1n) is 6.85. The van der Waals surface area contributed by atoms with Crippen LogP contribution in [0.5, 0.6) is 0 Å². The number of nitrogens with zero attached hydrogens (tertiary/aromatic N) is 1. The molecule has 0 fully saturated rings. The molecule has 2 aromatic rings. The Kier molecular flexibility index (Phi) is 3.09. The Bertz CT molecular complexity index is 540. The fraction of sp³-hybridized carbons (Fsp3) is 0.375. The van der Waals surface area contributed by atoms with Gasteiger partial charge in [0.2, 0.25) is 0 Å². The van der Waals surface area contributed by atoms with Crippen molar-refractivity contribution in [1.29, 1.82) is 0 Å². The molecule has 2 heteroatoms. The zero-order valence-electron chi connectivity index (χ0n) is 10.9. The van der Waals surface area contributed by atoms with Gasteiger partial charge in [0, 0.05) is 31.2 Å². The molecule has 0 aliphatic heterocycles. The van der Waals surface area contributed by atoms with E-state index in [-0.39, 0.29) is 0 Å². The highest BCUT2D eigenvalue weighted by molar-refractivity contribution is 5.50. The fourth-order valence-electron chi connectivity index (χ4n) is 2.68. The van der Waals surface area contributed by atoms with Crippen molar-refractivity contribution < 1.29 is 0 Å². The highest BCUT2D eigenvalue weighted by Gasteiger charge is 2.10. The Hall–Kier alpha value is -1.70. The molecule has 0 saturated heterocycles. The fourth-order valence-corrected chi connectivity index (χ4v) is 2.68. The van der Waals surface area contributed by atoms with E-state index in [2.05, 4.69) is 53.5 Å². The number of hydrogen-bond donors (Lipinski definition) is 1. The maximum absolute atomic E-state index is 3.51. The number of fused-ring (bicyclic) bond motifs is 1. The van der Waals surface area contributed by atoms with E-state index < -0.39 is 0 Å². The van der Waals surface area contributed by atoms with Crippen LogP contribution in [0, 0.1) is 0 Å². The summed E-state index contributed by atoms with van der Waals surface area (Å²) in [7, 11) is 0. The molecular formula is C16H20N2. The smallest absolute Gasteiger partial charge is 0.0415 e. The molecule has 2 nitrogen and oxygen atoms in total. The zero-order valence-corrected chi connectivity index (χ0v) is 10.9. The van der Waals surface area contributed by atoms with Gasteiger partial charge in [0.1, 0.15) is 0 Å². The minimum absolute atomic E-state index is 0.909. The van der Waals surface area contributed by atoms with Crippen molar-refractivity contribution in [2.75, 3.05) is 5.32 Å². The molecular weight excluding hydrogens is 220 g/mol. The number of rotatable bonds is 4. The van der Waals surface area contributed by atoms with Crippen LogP contribution >= 0.6 is 0 Å². The molecule has 0 bridgehead atoms. The molecule has 0 unspecified atom stereocenters. The normalized spacial score (nSPS) is 13.6. The van der Waals surface area contributed by atoms with Gasteiger partial charge >= 0.3 is 0 Å². The van der Waals surface area contributed by atoms with Crippen molar-refractivity contribution in [3.63, 3.8) is 0 Å². The topological polar surface area (TPSA) is 17.0 Å². The Balaban J connectivity index is 1.66. The lowest BCUT2D eigenvalue weighted by Crippen LogP contribution is -1.99. The molecule has 1 aromatic carbocycles. The molecule has 1 heterocycles. The van der Waals surface area contributed by atoms with Crippen LogP contribution in [-0.2, 0) is 25.9 Å². The van der Waals surface area contributed by atoms with Gasteiger partial charge in [-0.25, -0.2) is 0 Å². The van der Waals surface area contributed by atoms with Crippen molar-refractivity contribution in [1.82, 2.24) is 4.57 Å². The Morgan fingerprint density at radius 3 is 2.89 bits per heavy atom. The highest BCUT2D eigenvalue weighted by atomic mass is 14.9. The molecule has 1 N–H and O–H groups in total. The van der Waals surface area contributed by atoms with E-state index in [1.807, 2.05) is 0 Å². The molecule has 0 spiro atoms. The predicted octanol–water partition coefficient (Wildman–Crippen LogP) is 3.61. The Morgan fingerprint density at radius 2 is 2.06 bits per heavy atom. The molecule has 0 radical (unpaired) electrons. The van der Waals surface area contributed by atoms with E-state index in [0.29, 0.717) is 0 Å². The first-order chi connectivity index (χ1) is 8.85. The van der Waals surface area contributed by atoms with E-state index >= 15 is 0 Å². The molecule has 1 aliphatic rings. The third kappa shape index (κ3) is 2.28. The van der Waals surface area contributed by atoms with Crippen molar-refractivity contribution >= 4 is 5.69 Å². The quantitative estimate of drug-likeness (QED) is 0.864. The second kappa shape index (κ2) is 4.89. The maximum Gasteiger partial charge on any atom is 0.0415 e. The second-order valence-electron chi connectivity index (χ2n) is 5.04. The van der Waals surface area contributed by atoms with E-state index in [1.54, 1.807) is 0 Å². The van der Waals surface area contributed by atoms with Gasteiger partial charge < -0.3 is 9.88 Å². The number of nitrogens with one attached hydrogen (secondary N) is 1. The van der Waals surface area contributed by atoms with E-state index in [1.165, 1.54) is 41.6 Å². The maximum atomic E-state index is 3.51. The Morgan fingerprint density at radius 1 is 1.17 bits per heavy atom. The molecule has 18 heavy (non-hydrogen) atoms. The lowest BCUT2D eigenvalue weighted by molar-refractivity contribution is 0.766. The van der Waals surface area contributed by atoms with Crippen LogP contribution in [0.25, 0.3) is 0 Å². The van der Waals surface area contributed by atoms with Crippen LogP contribution in [0.3, 0.4) is 0 Å². The summed E-state index contributed by atoms with van der Waals surface area (Å²) in [6.45, 7) is 4.11. The van der Waals surface area contributed by atoms with Gasteiger partial charge in [-0.3, -0.25) is 0 Å². The summed E-state index contributed by atoms with van der Waals surface area (Å²) in [6.07, 6.45) is 8.17. The summed E-state index contributed by atoms with van der Waals surface area (Å²) in [5.74, 6) is 0. The first kappa shape index (κ1) is 11.4. The average Bonchev–Trinajstić information content (AvgIpc) is 3.04. The number of aromatic nitrogens is 1. The van der Waals surface area contributed by atoms with Gasteiger partial charge in [-0.05, 0) is 61.1 Å². The van der Waals surface area contributed by atoms with Gasteiger partial charge in [0.15, 0.2) is 0 Å². The minimum Gasteiger partial charge on any atom is -0.381 e. The first-order valence-corrected chi connectivity index (χ1v) is 6.85. The summed E-state index contributed by atoms with van der Waals surface area (Å²) >= 11 is 0. The summed E-state index contributed by atoms with van der Waals surface area (Å²) in [5, 5.41) is 3.51. The largest absolute Gasteiger partial charge is 0.381 e. The second-order valence-corrected chi connectivity index (χ2v) is 5.04. The van der Waals surface area contributed by atoms with Crippen molar-refractivity contribution in [3.05, 3.63) is 53.3 Å². The lowest BCUT2D eigenvalue weighted by atomic mass is 10.1. The van der Waals surface area contributed by atoms with Gasteiger partial charge in [0.05, 0.1) is 0 Å². The van der Waals surface area contributed by atoms with Gasteiger partial charge in [-0.15, -0.1) is 0 Å². The molecule has 94 valence electrons. The third-order valence-corrected chi connectivity index (χ3v) is 3.77. The van der Waals surface area contributed by atoms with Crippen LogP contribution in [0.15, 0.2) is 36.7 Å². The molecule has 3 rings (SSSR count). The molecule has 1 aromatic heterocycles. The zero-order chi connectivity index (χ0) is 12.4. The average molecular weight is 240 g/mol. The number of hydrogen-bond acceptors (Lipinski definition) is 1. The van der Waals surface area contributed by atoms with E-state index in [4.69, 9.17) is 0 Å². The van der Waals surface area contributed by atoms with Gasteiger partial charge in [-0.1, -0.05) is 6.07 Å². The van der Waals surface area contributed by atoms with Crippen molar-refractivity contribution in [2.45, 2.75) is 39.3 Å². The molecule has 0 amide bonds. The summed E-state index contributed by atoms with van der Waals surface area (Å²) in [6, 6.07) is 8.99. The van der Waals surface area contributed by atoms with Gasteiger partial charge in [0.25, 0.3) is 0 Å². The van der Waals surface area contributed by atoms with Crippen LogP contribution in [0.2, 0.25) is 0 Å². The number of aryl methyl sites for hydroxylation is 3. The highest BCUT2D eigenvalue weighted by Crippen LogP contribution is 2.25. The van der Waals surface area contributed by atoms with Crippen LogP contribution in [0.4, 0.5) is 5.69 Å². The molecule has 1 aliphatic carbocycles. The minimum atomic E-state index is 0.909. The van der Waals surface area contributed by atoms with Crippen molar-refractivity contribution in [2.24, 2.45) is 0 Å². The summed E-state index contributed by atoms with van der Waals surface area (Å²) in [4.78, 5) is 0. The lowest BCUT2D eigenvalue weighted by Gasteiger charge is -2.07. The standard InChI is InChI=1S/C16H20N2/c1-2-18-9-8-13(12-18)11-17-16-7-6-14-4-3-5-15(14)10-16/h6-10,12,17H,2-5,11H2,1H3. The van der Waals surface area contributed by atoms with E-state index in [0.717, 1.165) is 13.1 Å². The monoisotopic (exact) mass is 240 g/mol. The Labute approximate surface area is 109 Å². The molecule has 0 atom stereocenters. The predicted molar refractivity (Wildman–Crippen MR) is 75.9 cm³/mol. The molecule has 0 saturated carbocycles. The summed E-state index contributed by atoms with van der Waals surface area (Å²) in [5.41, 5.74) is 5.67. The van der Waals surface area contributed by atoms with Crippen LogP contribution in [0.1, 0.15) is 30.0 Å².